The Hall–Kier alpha value is -1.99. The van der Waals surface area contributed by atoms with Crippen LogP contribution in [0, 0.1) is 5.92 Å². The van der Waals surface area contributed by atoms with E-state index < -0.39 is 0 Å². The van der Waals surface area contributed by atoms with Gasteiger partial charge in [0.25, 0.3) is 5.95 Å². The van der Waals surface area contributed by atoms with Crippen LogP contribution < -0.4 is 0 Å². The maximum Gasteiger partial charge on any atom is 0.268 e. The molecule has 0 bridgehead atoms. The van der Waals surface area contributed by atoms with Gasteiger partial charge < -0.3 is 9.84 Å². The van der Waals surface area contributed by atoms with Crippen molar-refractivity contribution in [3.05, 3.63) is 24.3 Å². The molecule has 2 N–H and O–H groups in total. The zero-order valence-electron chi connectivity index (χ0n) is 15.1. The Labute approximate surface area is 155 Å². The van der Waals surface area contributed by atoms with Gasteiger partial charge in [0.2, 0.25) is 0 Å². The number of hydrogen-bond acceptors (Lipinski definition) is 5. The van der Waals surface area contributed by atoms with Gasteiger partial charge in [0.05, 0.1) is 5.71 Å². The first-order valence-electron chi connectivity index (χ1n) is 8.96. The molecule has 0 amide bonds. The summed E-state index contributed by atoms with van der Waals surface area (Å²) in [7, 11) is 0.255. The Morgan fingerprint density at radius 1 is 1.27 bits per heavy atom. The van der Waals surface area contributed by atoms with E-state index in [1.54, 1.807) is 24.3 Å². The molecule has 26 heavy (non-hydrogen) atoms. The lowest BCUT2D eigenvalue weighted by molar-refractivity contribution is 0.0727. The van der Waals surface area contributed by atoms with Gasteiger partial charge in [-0.2, -0.15) is 15.5 Å². The molecule has 1 atom stereocenters. The monoisotopic (exact) mass is 372 g/mol. The second-order valence-corrected chi connectivity index (χ2v) is 9.75. The van der Waals surface area contributed by atoms with Crippen LogP contribution in [-0.2, 0) is 4.74 Å². The number of aliphatic imine (C=N–C) groups is 1. The maximum atomic E-state index is 9.39. The molecule has 1 aromatic carbocycles. The highest BCUT2D eigenvalue weighted by Gasteiger charge is 2.37. The number of benzene rings is 1. The van der Waals surface area contributed by atoms with Crippen molar-refractivity contribution in [2.75, 3.05) is 19.0 Å². The van der Waals surface area contributed by atoms with Crippen LogP contribution in [0.2, 0.25) is 0 Å². The van der Waals surface area contributed by atoms with E-state index in [0.29, 0.717) is 11.8 Å². The van der Waals surface area contributed by atoms with Gasteiger partial charge in [-0.3, -0.25) is 5.10 Å². The molecule has 2 aromatic rings. The van der Waals surface area contributed by atoms with Crippen LogP contribution >= 0.6 is 10.5 Å². The molecule has 7 heteroatoms. The van der Waals surface area contributed by atoms with E-state index in [0.717, 1.165) is 30.4 Å². The predicted molar refractivity (Wildman–Crippen MR) is 107 cm³/mol. The number of phenols is 1. The predicted octanol–water partition coefficient (Wildman–Crippen LogP) is 3.54. The highest BCUT2D eigenvalue weighted by atomic mass is 32.2. The van der Waals surface area contributed by atoms with Gasteiger partial charge in [-0.1, -0.05) is 0 Å². The average molecular weight is 372 g/mol. The van der Waals surface area contributed by atoms with Crippen molar-refractivity contribution in [3.63, 3.8) is 0 Å². The van der Waals surface area contributed by atoms with Crippen LogP contribution in [0.3, 0.4) is 0 Å². The third kappa shape index (κ3) is 3.46. The molecule has 0 saturated carbocycles. The Bertz CT molecular complexity index is 849. The van der Waals surface area contributed by atoms with E-state index in [9.17, 15) is 5.11 Å². The lowest BCUT2D eigenvalue weighted by atomic mass is 10.0. The fourth-order valence-corrected chi connectivity index (χ4v) is 5.70. The van der Waals surface area contributed by atoms with Crippen molar-refractivity contribution in [3.8, 4) is 17.1 Å². The van der Waals surface area contributed by atoms with Gasteiger partial charge in [0, 0.05) is 23.5 Å². The van der Waals surface area contributed by atoms with E-state index in [1.807, 2.05) is 0 Å². The fourth-order valence-electron chi connectivity index (χ4n) is 3.24. The summed E-state index contributed by atoms with van der Waals surface area (Å²) in [6.45, 7) is 6.34. The summed E-state index contributed by atoms with van der Waals surface area (Å²) < 4.78 is 5.55. The number of hydrogen-bond donors (Lipinski definition) is 2. The summed E-state index contributed by atoms with van der Waals surface area (Å²) in [5.41, 5.74) is 1.95. The molecule has 3 heterocycles. The lowest BCUT2D eigenvalue weighted by Crippen LogP contribution is -2.41. The van der Waals surface area contributed by atoms with E-state index >= 15 is 0 Å². The van der Waals surface area contributed by atoms with E-state index in [4.69, 9.17) is 4.74 Å². The number of aromatic hydroxyl groups is 1. The van der Waals surface area contributed by atoms with Gasteiger partial charge >= 0.3 is 0 Å². The van der Waals surface area contributed by atoms with Gasteiger partial charge in [0.1, 0.15) is 5.75 Å². The summed E-state index contributed by atoms with van der Waals surface area (Å²) in [6, 6.07) is 6.87. The maximum absolute atomic E-state index is 9.39. The molecule has 0 radical (unpaired) electrons. The van der Waals surface area contributed by atoms with Crippen LogP contribution in [0.5, 0.6) is 5.75 Å². The molecular formula is C19H24N4O2S. The summed E-state index contributed by atoms with van der Waals surface area (Å²) in [5.74, 6) is 3.36. The van der Waals surface area contributed by atoms with Crippen molar-refractivity contribution in [1.29, 1.82) is 0 Å². The number of phenolic OH excluding ortho intramolecular Hbond substituents is 1. The number of aromatic amines is 1. The molecule has 6 nitrogen and oxygen atoms in total. The Kier molecular flexibility index (Phi) is 4.67. The number of nitrogens with one attached hydrogen (secondary N) is 1. The molecule has 0 spiro atoms. The van der Waals surface area contributed by atoms with Crippen LogP contribution in [0.4, 0.5) is 5.95 Å². The van der Waals surface area contributed by atoms with Crippen molar-refractivity contribution >= 4 is 27.5 Å². The van der Waals surface area contributed by atoms with Crippen molar-refractivity contribution in [1.82, 2.24) is 15.2 Å². The molecule has 1 saturated heterocycles. The third-order valence-corrected chi connectivity index (χ3v) is 7.98. The number of nitrogens with zero attached hydrogens (tertiary/aromatic N) is 3. The second kappa shape index (κ2) is 6.96. The lowest BCUT2D eigenvalue weighted by Gasteiger charge is -2.40. The minimum atomic E-state index is 0.0810. The van der Waals surface area contributed by atoms with Crippen LogP contribution in [0.15, 0.2) is 29.3 Å². The summed E-state index contributed by atoms with van der Waals surface area (Å²) in [6.07, 6.45) is 2.35. The molecule has 1 aromatic heterocycles. The SMILES string of the molecule is CC1(C)C(=Nc2n[nH]c(-c3ccc(O)cc3)n2)C=S1CC1CCOCC1. The first-order valence-corrected chi connectivity index (χ1v) is 10.4. The van der Waals surface area contributed by atoms with Crippen LogP contribution in [0.1, 0.15) is 26.7 Å². The largest absolute Gasteiger partial charge is 0.508 e. The average Bonchev–Trinajstić information content (AvgIpc) is 3.11. The van der Waals surface area contributed by atoms with Crippen molar-refractivity contribution in [2.24, 2.45) is 10.9 Å². The van der Waals surface area contributed by atoms with Gasteiger partial charge in [-0.05, 0) is 68.0 Å². The molecule has 1 unspecified atom stereocenters. The topological polar surface area (TPSA) is 83.4 Å². The van der Waals surface area contributed by atoms with Crippen LogP contribution in [-0.4, -0.2) is 55.1 Å². The van der Waals surface area contributed by atoms with Gasteiger partial charge in [0.15, 0.2) is 5.82 Å². The number of ether oxygens (including phenoxy) is 1. The molecular weight excluding hydrogens is 348 g/mol. The molecule has 1 fully saturated rings. The van der Waals surface area contributed by atoms with Crippen molar-refractivity contribution < 1.29 is 9.84 Å². The second-order valence-electron chi connectivity index (χ2n) is 7.31. The third-order valence-electron chi connectivity index (χ3n) is 5.12. The number of H-pyrrole nitrogens is 1. The molecule has 0 aliphatic carbocycles. The number of rotatable bonds is 4. The first kappa shape index (κ1) is 17.4. The van der Waals surface area contributed by atoms with E-state index in [2.05, 4.69) is 39.4 Å². The highest BCUT2D eigenvalue weighted by Crippen LogP contribution is 2.44. The molecule has 2 aliphatic rings. The van der Waals surface area contributed by atoms with E-state index in [1.165, 1.54) is 18.6 Å². The number of aromatic nitrogens is 3. The normalized spacial score (nSPS) is 24.2. The first-order chi connectivity index (χ1) is 12.5. The molecule has 2 aliphatic heterocycles. The fraction of sp³-hybridized carbons (Fsp3) is 0.474. The Balaban J connectivity index is 1.49. The summed E-state index contributed by atoms with van der Waals surface area (Å²) in [4.78, 5) is 9.13. The van der Waals surface area contributed by atoms with Crippen molar-refractivity contribution in [2.45, 2.75) is 31.4 Å². The molecule has 4 rings (SSSR count). The van der Waals surface area contributed by atoms with Crippen LogP contribution in [0.25, 0.3) is 11.4 Å². The Morgan fingerprint density at radius 3 is 2.69 bits per heavy atom. The van der Waals surface area contributed by atoms with Gasteiger partial charge in [-0.15, -0.1) is 5.10 Å². The zero-order valence-corrected chi connectivity index (χ0v) is 15.9. The summed E-state index contributed by atoms with van der Waals surface area (Å²) in [5, 5.41) is 18.8. The zero-order chi connectivity index (χ0) is 18.1. The standard InChI is InChI=1S/C19H24N4O2S/c1-19(2)16(12-26(19)11-13-7-9-25-10-8-13)20-18-21-17(22-23-18)14-3-5-15(24)6-4-14/h3-6,12-13,24H,7-11H2,1-2H3,(H,21,22,23). The van der Waals surface area contributed by atoms with E-state index in [-0.39, 0.29) is 21.0 Å². The highest BCUT2D eigenvalue weighted by molar-refractivity contribution is 8.20. The quantitative estimate of drug-likeness (QED) is 0.804. The Morgan fingerprint density at radius 2 is 2.00 bits per heavy atom. The minimum Gasteiger partial charge on any atom is -0.508 e. The minimum absolute atomic E-state index is 0.0810. The summed E-state index contributed by atoms with van der Waals surface area (Å²) >= 11 is 0. The smallest absolute Gasteiger partial charge is 0.268 e. The van der Waals surface area contributed by atoms with Gasteiger partial charge in [-0.25, -0.2) is 4.99 Å². The molecule has 138 valence electrons.